The van der Waals surface area contributed by atoms with Gasteiger partial charge in [-0.1, -0.05) is 16.4 Å². The zero-order valence-electron chi connectivity index (χ0n) is 16.5. The van der Waals surface area contributed by atoms with Gasteiger partial charge in [-0.05, 0) is 25.1 Å². The Labute approximate surface area is 179 Å². The molecule has 0 amide bonds. The number of aryl methyl sites for hydroxylation is 1. The Hall–Kier alpha value is -2.66. The Bertz CT molecular complexity index is 1070. The van der Waals surface area contributed by atoms with Crippen LogP contribution in [0.3, 0.4) is 0 Å². The molecule has 2 bridgehead atoms. The van der Waals surface area contributed by atoms with Crippen LogP contribution in [0, 0.1) is 6.92 Å². The van der Waals surface area contributed by atoms with Crippen molar-refractivity contribution in [3.8, 4) is 27.2 Å². The van der Waals surface area contributed by atoms with E-state index in [0.29, 0.717) is 16.3 Å². The monoisotopic (exact) mass is 451 g/mol. The van der Waals surface area contributed by atoms with E-state index in [9.17, 15) is 18.3 Å². The van der Waals surface area contributed by atoms with Gasteiger partial charge in [0.25, 0.3) is 5.19 Å². The largest absolute Gasteiger partial charge is 0.507 e. The topological polar surface area (TPSA) is 85.1 Å². The summed E-state index contributed by atoms with van der Waals surface area (Å²) < 4.78 is 49.3. The number of hydrogen-bond acceptors (Lipinski definition) is 7. The molecule has 4 atom stereocenters. The molecule has 2 saturated heterocycles. The maximum atomic E-state index is 14.0. The quantitative estimate of drug-likeness (QED) is 0.633. The third kappa shape index (κ3) is 3.76. The fourth-order valence-corrected chi connectivity index (χ4v) is 4.94. The maximum absolute atomic E-state index is 14.0. The summed E-state index contributed by atoms with van der Waals surface area (Å²) in [6.45, 7) is 1.88. The lowest BCUT2D eigenvalue weighted by atomic mass is 9.82. The van der Waals surface area contributed by atoms with Gasteiger partial charge in [-0.3, -0.25) is 0 Å². The molecule has 0 saturated carbocycles. The average molecular weight is 451 g/mol. The summed E-state index contributed by atoms with van der Waals surface area (Å²) in [5, 5.41) is 26.3. The van der Waals surface area contributed by atoms with E-state index < -0.39 is 36.7 Å². The molecule has 0 aliphatic carbocycles. The average Bonchev–Trinajstić information content (AvgIpc) is 3.40. The third-order valence-electron chi connectivity index (χ3n) is 5.71. The molecule has 0 radical (unpaired) electrons. The number of alkyl halides is 3. The highest BCUT2D eigenvalue weighted by atomic mass is 32.1. The predicted molar refractivity (Wildman–Crippen MR) is 108 cm³/mol. The number of benzene rings is 1. The zero-order valence-corrected chi connectivity index (χ0v) is 17.3. The fourth-order valence-electron chi connectivity index (χ4n) is 4.14. The first-order chi connectivity index (χ1) is 14.9. The second-order valence-corrected chi connectivity index (χ2v) is 8.84. The number of phenols is 1. The van der Waals surface area contributed by atoms with E-state index in [0.717, 1.165) is 17.0 Å². The minimum absolute atomic E-state index is 0.0132. The first-order valence-electron chi connectivity index (χ1n) is 9.93. The van der Waals surface area contributed by atoms with Gasteiger partial charge in [-0.25, -0.2) is 17.9 Å². The SMILES string of the molecule is Cc1ccn(-c2ccc(-c3nnc(OC4CC5NC(C4)C(F)C(F)C5F)s3)c(O)c2)n1. The second-order valence-electron chi connectivity index (χ2n) is 7.90. The van der Waals surface area contributed by atoms with Crippen LogP contribution in [0.25, 0.3) is 16.3 Å². The Morgan fingerprint density at radius 1 is 1.10 bits per heavy atom. The van der Waals surface area contributed by atoms with Gasteiger partial charge in [-0.2, -0.15) is 5.10 Å². The van der Waals surface area contributed by atoms with E-state index in [2.05, 4.69) is 20.6 Å². The van der Waals surface area contributed by atoms with E-state index in [1.807, 2.05) is 13.0 Å². The number of nitrogens with one attached hydrogen (secondary N) is 1. The van der Waals surface area contributed by atoms with Crippen molar-refractivity contribution in [3.63, 3.8) is 0 Å². The summed E-state index contributed by atoms with van der Waals surface area (Å²) in [7, 11) is 0. The highest BCUT2D eigenvalue weighted by Gasteiger charge is 2.50. The maximum Gasteiger partial charge on any atom is 0.294 e. The van der Waals surface area contributed by atoms with Crippen molar-refractivity contribution in [1.29, 1.82) is 0 Å². The van der Waals surface area contributed by atoms with Crippen LogP contribution in [-0.4, -0.2) is 61.8 Å². The van der Waals surface area contributed by atoms with Crippen molar-refractivity contribution in [2.75, 3.05) is 0 Å². The summed E-state index contributed by atoms with van der Waals surface area (Å²) in [5.41, 5.74) is 2.04. The number of piperidine rings is 2. The number of halogens is 3. The van der Waals surface area contributed by atoms with Crippen LogP contribution in [-0.2, 0) is 0 Å². The van der Waals surface area contributed by atoms with Crippen LogP contribution < -0.4 is 10.1 Å². The predicted octanol–water partition coefficient (Wildman–Crippen LogP) is 3.30. The molecule has 11 heteroatoms. The summed E-state index contributed by atoms with van der Waals surface area (Å²) in [6, 6.07) is 5.37. The number of aromatic nitrogens is 4. The van der Waals surface area contributed by atoms with Crippen LogP contribution >= 0.6 is 11.3 Å². The Morgan fingerprint density at radius 2 is 1.84 bits per heavy atom. The lowest BCUT2D eigenvalue weighted by molar-refractivity contribution is -0.0458. The highest BCUT2D eigenvalue weighted by Crippen LogP contribution is 2.37. The van der Waals surface area contributed by atoms with Crippen molar-refractivity contribution in [1.82, 2.24) is 25.3 Å². The van der Waals surface area contributed by atoms with Gasteiger partial charge in [0.2, 0.25) is 0 Å². The van der Waals surface area contributed by atoms with Crippen LogP contribution in [0.5, 0.6) is 10.9 Å². The standard InChI is InChI=1S/C20H20F3N5O2S/c1-9-4-5-28(27-9)10-2-3-12(15(29)6-10)19-25-26-20(31-19)30-11-7-13-16(21)18(23)17(22)14(8-11)24-13/h2-6,11,13-14,16-18,24,29H,7-8H2,1H3. The molecule has 2 N–H and O–H groups in total. The fraction of sp³-hybridized carbons (Fsp3) is 0.450. The minimum atomic E-state index is -2.11. The van der Waals surface area contributed by atoms with Gasteiger partial charge in [0.1, 0.15) is 24.2 Å². The number of aromatic hydroxyl groups is 1. The molecule has 5 rings (SSSR count). The molecule has 0 spiro atoms. The molecular weight excluding hydrogens is 431 g/mol. The van der Waals surface area contributed by atoms with Crippen molar-refractivity contribution in [2.45, 2.75) is 56.5 Å². The lowest BCUT2D eigenvalue weighted by Crippen LogP contribution is -2.65. The van der Waals surface area contributed by atoms with Crippen LogP contribution in [0.2, 0.25) is 0 Å². The van der Waals surface area contributed by atoms with Crippen LogP contribution in [0.1, 0.15) is 18.5 Å². The van der Waals surface area contributed by atoms with E-state index in [-0.39, 0.29) is 23.8 Å². The summed E-state index contributed by atoms with van der Waals surface area (Å²) in [4.78, 5) is 0. The van der Waals surface area contributed by atoms with Gasteiger partial charge < -0.3 is 15.2 Å². The molecule has 2 aliphatic rings. The molecule has 3 aromatic rings. The van der Waals surface area contributed by atoms with E-state index in [1.54, 1.807) is 29.1 Å². The Morgan fingerprint density at radius 3 is 2.48 bits per heavy atom. The highest BCUT2D eigenvalue weighted by molar-refractivity contribution is 7.16. The van der Waals surface area contributed by atoms with Crippen molar-refractivity contribution < 1.29 is 23.0 Å². The number of rotatable bonds is 4. The third-order valence-corrected chi connectivity index (χ3v) is 6.56. The van der Waals surface area contributed by atoms with Gasteiger partial charge in [0.05, 0.1) is 16.9 Å². The van der Waals surface area contributed by atoms with Gasteiger partial charge in [-0.15, -0.1) is 5.10 Å². The van der Waals surface area contributed by atoms with Crippen LogP contribution in [0.15, 0.2) is 30.5 Å². The van der Waals surface area contributed by atoms with Gasteiger partial charge in [0.15, 0.2) is 11.2 Å². The lowest BCUT2D eigenvalue weighted by Gasteiger charge is -2.44. The second kappa shape index (κ2) is 7.79. The van der Waals surface area contributed by atoms with E-state index in [1.165, 1.54) is 0 Å². The first kappa shape index (κ1) is 20.3. The molecule has 4 heterocycles. The molecular formula is C20H20F3N5O2S. The number of fused-ring (bicyclic) bond motifs is 2. The van der Waals surface area contributed by atoms with Crippen molar-refractivity contribution >= 4 is 11.3 Å². The first-order valence-corrected chi connectivity index (χ1v) is 10.7. The number of ether oxygens (including phenoxy) is 1. The molecule has 2 fully saturated rings. The molecule has 1 aromatic carbocycles. The number of nitrogens with zero attached hydrogens (tertiary/aromatic N) is 4. The summed E-state index contributed by atoms with van der Waals surface area (Å²) in [6.07, 6.45) is -4.20. The molecule has 4 unspecified atom stereocenters. The van der Waals surface area contributed by atoms with E-state index >= 15 is 0 Å². The van der Waals surface area contributed by atoms with Crippen molar-refractivity contribution in [3.05, 3.63) is 36.2 Å². The molecule has 164 valence electrons. The smallest absolute Gasteiger partial charge is 0.294 e. The van der Waals surface area contributed by atoms with E-state index in [4.69, 9.17) is 4.74 Å². The molecule has 31 heavy (non-hydrogen) atoms. The molecule has 2 aliphatic heterocycles. The van der Waals surface area contributed by atoms with Crippen molar-refractivity contribution in [2.24, 2.45) is 0 Å². The molecule has 7 nitrogen and oxygen atoms in total. The van der Waals surface area contributed by atoms with Gasteiger partial charge >= 0.3 is 0 Å². The number of phenolic OH excluding ortho intramolecular Hbond substituents is 1. The summed E-state index contributed by atoms with van der Waals surface area (Å²) in [5.74, 6) is 0.0132. The Balaban J connectivity index is 1.31. The Kier molecular flexibility index (Phi) is 5.09. The normalized spacial score (nSPS) is 30.3. The minimum Gasteiger partial charge on any atom is -0.507 e. The van der Waals surface area contributed by atoms with Gasteiger partial charge in [0, 0.05) is 37.2 Å². The summed E-state index contributed by atoms with van der Waals surface area (Å²) >= 11 is 1.12. The van der Waals surface area contributed by atoms with Crippen LogP contribution in [0.4, 0.5) is 13.2 Å². The number of hydrogen-bond donors (Lipinski definition) is 2. The zero-order chi connectivity index (χ0) is 21.7. The molecule has 2 aromatic heterocycles.